The Morgan fingerprint density at radius 1 is 0.892 bits per heavy atom. The maximum Gasteiger partial charge on any atom is 0.331 e. The van der Waals surface area contributed by atoms with E-state index in [9.17, 15) is 19.2 Å². The van der Waals surface area contributed by atoms with Crippen molar-refractivity contribution >= 4 is 39.7 Å². The first-order chi connectivity index (χ1) is 18.0. The van der Waals surface area contributed by atoms with E-state index in [1.54, 1.807) is 35.6 Å². The molecule has 0 aliphatic rings. The number of hydrogen-bond acceptors (Lipinski definition) is 5. The van der Waals surface area contributed by atoms with Gasteiger partial charge in [0.1, 0.15) is 6.54 Å². The molecule has 0 saturated carbocycles. The van der Waals surface area contributed by atoms with Crippen LogP contribution in [0.2, 0.25) is 0 Å². The molecule has 0 aliphatic heterocycles. The van der Waals surface area contributed by atoms with E-state index in [-0.39, 0.29) is 24.9 Å². The standard InChI is InChI=1S/C28H30N4O4S/c1-2-20-12-14-21(15-13-20)30-26(34)19-32-24-10-4-3-9-23(24)27(35)31(28(32)36)16-6-5-11-25(33)29-18-22-8-7-17-37-22/h3-4,7-10,12-15,17H,2,5-6,11,16,18-19H2,1H3,(H,29,33)(H,30,34). The summed E-state index contributed by atoms with van der Waals surface area (Å²) >= 11 is 1.58. The van der Waals surface area contributed by atoms with E-state index in [1.807, 2.05) is 41.8 Å². The molecular formula is C28H30N4O4S. The number of thiophene rings is 1. The number of aryl methyl sites for hydroxylation is 1. The van der Waals surface area contributed by atoms with Gasteiger partial charge in [-0.3, -0.25) is 23.5 Å². The predicted octanol–water partition coefficient (Wildman–Crippen LogP) is 3.91. The third-order valence-corrected chi connectivity index (χ3v) is 7.03. The summed E-state index contributed by atoms with van der Waals surface area (Å²) in [7, 11) is 0. The van der Waals surface area contributed by atoms with Crippen molar-refractivity contribution in [2.24, 2.45) is 0 Å². The topological polar surface area (TPSA) is 102 Å². The van der Waals surface area contributed by atoms with Crippen molar-refractivity contribution in [1.82, 2.24) is 14.5 Å². The molecule has 4 rings (SSSR count). The molecule has 0 saturated heterocycles. The molecule has 0 unspecified atom stereocenters. The van der Waals surface area contributed by atoms with Gasteiger partial charge in [-0.25, -0.2) is 4.79 Å². The molecule has 2 aromatic carbocycles. The first kappa shape index (κ1) is 26.1. The Hall–Kier alpha value is -3.98. The first-order valence-electron chi connectivity index (χ1n) is 12.4. The van der Waals surface area contributed by atoms with E-state index in [0.29, 0.717) is 42.4 Å². The van der Waals surface area contributed by atoms with Gasteiger partial charge in [0.2, 0.25) is 11.8 Å². The molecule has 37 heavy (non-hydrogen) atoms. The molecule has 0 atom stereocenters. The SMILES string of the molecule is CCc1ccc(NC(=O)Cn2c(=O)n(CCCCC(=O)NCc3cccs3)c(=O)c3ccccc32)cc1. The molecule has 0 bridgehead atoms. The molecular weight excluding hydrogens is 488 g/mol. The number of unbranched alkanes of at least 4 members (excludes halogenated alkanes) is 1. The van der Waals surface area contributed by atoms with Gasteiger partial charge in [-0.05, 0) is 60.5 Å². The number of carbonyl (C=O) groups is 2. The minimum Gasteiger partial charge on any atom is -0.351 e. The summed E-state index contributed by atoms with van der Waals surface area (Å²) in [6.45, 7) is 2.50. The van der Waals surface area contributed by atoms with Gasteiger partial charge < -0.3 is 10.6 Å². The number of fused-ring (bicyclic) bond motifs is 1. The number of para-hydroxylation sites is 1. The van der Waals surface area contributed by atoms with Crippen molar-refractivity contribution < 1.29 is 9.59 Å². The summed E-state index contributed by atoms with van der Waals surface area (Å²) < 4.78 is 2.50. The van der Waals surface area contributed by atoms with Gasteiger partial charge in [-0.2, -0.15) is 0 Å². The van der Waals surface area contributed by atoms with Gasteiger partial charge in [-0.15, -0.1) is 11.3 Å². The van der Waals surface area contributed by atoms with Gasteiger partial charge >= 0.3 is 5.69 Å². The lowest BCUT2D eigenvalue weighted by Crippen LogP contribution is -2.41. The maximum absolute atomic E-state index is 13.3. The van der Waals surface area contributed by atoms with Crippen LogP contribution in [0.5, 0.6) is 0 Å². The molecule has 2 N–H and O–H groups in total. The monoisotopic (exact) mass is 518 g/mol. The number of anilines is 1. The van der Waals surface area contributed by atoms with Crippen molar-refractivity contribution in [2.45, 2.75) is 52.2 Å². The third kappa shape index (κ3) is 6.62. The van der Waals surface area contributed by atoms with Crippen molar-refractivity contribution in [3.05, 3.63) is 97.3 Å². The Bertz CT molecular complexity index is 1490. The predicted molar refractivity (Wildman–Crippen MR) is 147 cm³/mol. The Balaban J connectivity index is 1.44. The zero-order valence-corrected chi connectivity index (χ0v) is 21.6. The third-order valence-electron chi connectivity index (χ3n) is 6.16. The lowest BCUT2D eigenvalue weighted by atomic mass is 10.1. The summed E-state index contributed by atoms with van der Waals surface area (Å²) in [5.74, 6) is -0.426. The van der Waals surface area contributed by atoms with Crippen LogP contribution in [0, 0.1) is 0 Å². The molecule has 192 valence electrons. The number of aromatic nitrogens is 2. The van der Waals surface area contributed by atoms with Crippen LogP contribution in [0.1, 0.15) is 36.6 Å². The Kier molecular flexibility index (Phi) is 8.68. The van der Waals surface area contributed by atoms with Crippen molar-refractivity contribution in [3.8, 4) is 0 Å². The number of nitrogens with zero attached hydrogens (tertiary/aromatic N) is 2. The number of rotatable bonds is 11. The van der Waals surface area contributed by atoms with E-state index in [2.05, 4.69) is 17.6 Å². The lowest BCUT2D eigenvalue weighted by Gasteiger charge is -2.14. The van der Waals surface area contributed by atoms with Gasteiger partial charge in [0, 0.05) is 23.5 Å². The average Bonchev–Trinajstić information content (AvgIpc) is 3.44. The van der Waals surface area contributed by atoms with E-state index in [4.69, 9.17) is 0 Å². The van der Waals surface area contributed by atoms with E-state index in [0.717, 1.165) is 21.4 Å². The number of benzene rings is 2. The highest BCUT2D eigenvalue weighted by molar-refractivity contribution is 7.09. The highest BCUT2D eigenvalue weighted by Crippen LogP contribution is 2.12. The van der Waals surface area contributed by atoms with Crippen molar-refractivity contribution in [3.63, 3.8) is 0 Å². The molecule has 0 radical (unpaired) electrons. The number of nitrogens with one attached hydrogen (secondary N) is 2. The molecule has 9 heteroatoms. The zero-order valence-electron chi connectivity index (χ0n) is 20.7. The molecule has 0 aliphatic carbocycles. The summed E-state index contributed by atoms with van der Waals surface area (Å²) in [5.41, 5.74) is 1.28. The second kappa shape index (κ2) is 12.3. The fraction of sp³-hybridized carbons (Fsp3) is 0.286. The number of carbonyl (C=O) groups excluding carboxylic acids is 2. The molecule has 8 nitrogen and oxygen atoms in total. The minimum absolute atomic E-state index is 0.0692. The van der Waals surface area contributed by atoms with E-state index >= 15 is 0 Å². The van der Waals surface area contributed by atoms with Gasteiger partial charge in [0.15, 0.2) is 0 Å². The van der Waals surface area contributed by atoms with Gasteiger partial charge in [0.05, 0.1) is 17.4 Å². The highest BCUT2D eigenvalue weighted by Gasteiger charge is 2.15. The largest absolute Gasteiger partial charge is 0.351 e. The van der Waals surface area contributed by atoms with Crippen LogP contribution >= 0.6 is 11.3 Å². The molecule has 2 aromatic heterocycles. The fourth-order valence-electron chi connectivity index (χ4n) is 4.13. The quantitative estimate of drug-likeness (QED) is 0.294. The van der Waals surface area contributed by atoms with Crippen LogP contribution in [0.15, 0.2) is 75.6 Å². The van der Waals surface area contributed by atoms with Crippen LogP contribution in [0.3, 0.4) is 0 Å². The van der Waals surface area contributed by atoms with Crippen LogP contribution in [-0.2, 0) is 35.6 Å². The Morgan fingerprint density at radius 3 is 2.41 bits per heavy atom. The van der Waals surface area contributed by atoms with Crippen molar-refractivity contribution in [2.75, 3.05) is 5.32 Å². The minimum atomic E-state index is -0.540. The fourth-order valence-corrected chi connectivity index (χ4v) is 4.78. The number of hydrogen-bond donors (Lipinski definition) is 2. The second-order valence-corrected chi connectivity index (χ2v) is 9.79. The summed E-state index contributed by atoms with van der Waals surface area (Å²) in [6.07, 6.45) is 2.22. The van der Waals surface area contributed by atoms with E-state index in [1.165, 1.54) is 4.57 Å². The van der Waals surface area contributed by atoms with Gasteiger partial charge in [-0.1, -0.05) is 37.3 Å². The lowest BCUT2D eigenvalue weighted by molar-refractivity contribution is -0.121. The van der Waals surface area contributed by atoms with E-state index < -0.39 is 11.2 Å². The zero-order chi connectivity index (χ0) is 26.2. The first-order valence-corrected chi connectivity index (χ1v) is 13.2. The van der Waals surface area contributed by atoms with Crippen LogP contribution in [0.25, 0.3) is 10.9 Å². The Labute approximate surface area is 218 Å². The van der Waals surface area contributed by atoms with Gasteiger partial charge in [0.25, 0.3) is 5.56 Å². The maximum atomic E-state index is 13.3. The molecule has 0 spiro atoms. The van der Waals surface area contributed by atoms with Crippen LogP contribution in [-0.4, -0.2) is 20.9 Å². The number of amides is 2. The molecule has 2 amide bonds. The molecule has 2 heterocycles. The summed E-state index contributed by atoms with van der Waals surface area (Å²) in [4.78, 5) is 52.4. The average molecular weight is 519 g/mol. The molecule has 0 fully saturated rings. The Morgan fingerprint density at radius 2 is 1.68 bits per heavy atom. The van der Waals surface area contributed by atoms with Crippen LogP contribution in [0.4, 0.5) is 5.69 Å². The smallest absolute Gasteiger partial charge is 0.331 e. The second-order valence-electron chi connectivity index (χ2n) is 8.75. The summed E-state index contributed by atoms with van der Waals surface area (Å²) in [6, 6.07) is 18.2. The molecule has 4 aromatic rings. The van der Waals surface area contributed by atoms with Crippen LogP contribution < -0.4 is 21.9 Å². The highest BCUT2D eigenvalue weighted by atomic mass is 32.1. The van der Waals surface area contributed by atoms with Crippen molar-refractivity contribution in [1.29, 1.82) is 0 Å². The summed E-state index contributed by atoms with van der Waals surface area (Å²) in [5, 5.41) is 8.04. The normalized spacial score (nSPS) is 10.9.